The van der Waals surface area contributed by atoms with E-state index in [0.717, 1.165) is 24.2 Å². The highest BCUT2D eigenvalue weighted by atomic mass is 32.2. The lowest BCUT2D eigenvalue weighted by Crippen LogP contribution is -2.31. The Balaban J connectivity index is 1.84. The first-order valence-corrected chi connectivity index (χ1v) is 7.58. The average Bonchev–Trinajstić information content (AvgIpc) is 3.17. The maximum absolute atomic E-state index is 8.69. The van der Waals surface area contributed by atoms with E-state index >= 15 is 0 Å². The van der Waals surface area contributed by atoms with E-state index in [4.69, 9.17) is 5.26 Å². The lowest BCUT2D eigenvalue weighted by molar-refractivity contribution is 0.548. The normalized spacial score (nSPS) is 19.8. The van der Waals surface area contributed by atoms with E-state index in [1.54, 1.807) is 0 Å². The Bertz CT molecular complexity index is 454. The average molecular weight is 263 g/mol. The van der Waals surface area contributed by atoms with Gasteiger partial charge in [-0.25, -0.2) is 0 Å². The second-order valence-electron chi connectivity index (χ2n) is 4.88. The molecule has 0 amide bonds. The number of anilines is 1. The molecule has 2 heterocycles. The van der Waals surface area contributed by atoms with Gasteiger partial charge in [-0.3, -0.25) is 4.57 Å². The predicted molar refractivity (Wildman–Crippen MR) is 70.7 cm³/mol. The fraction of sp³-hybridized carbons (Fsp3) is 0.750. The Hall–Kier alpha value is -1.22. The van der Waals surface area contributed by atoms with Crippen LogP contribution in [0.1, 0.15) is 38.1 Å². The molecule has 1 aliphatic carbocycles. The van der Waals surface area contributed by atoms with Crippen LogP contribution in [0.25, 0.3) is 0 Å². The molecule has 0 spiro atoms. The van der Waals surface area contributed by atoms with Crippen LogP contribution < -0.4 is 4.90 Å². The van der Waals surface area contributed by atoms with Crippen molar-refractivity contribution in [3.63, 3.8) is 0 Å². The topological polar surface area (TPSA) is 57.7 Å². The van der Waals surface area contributed by atoms with Gasteiger partial charge in [0.05, 0.1) is 11.8 Å². The van der Waals surface area contributed by atoms with Crippen LogP contribution in [0, 0.1) is 11.3 Å². The van der Waals surface area contributed by atoms with Crippen LogP contribution in [0.2, 0.25) is 0 Å². The molecule has 0 atom stereocenters. The van der Waals surface area contributed by atoms with Gasteiger partial charge in [0.2, 0.25) is 5.95 Å². The summed E-state index contributed by atoms with van der Waals surface area (Å²) in [4.78, 5) is 2.35. The van der Waals surface area contributed by atoms with Crippen molar-refractivity contribution in [2.75, 3.05) is 23.7 Å². The maximum Gasteiger partial charge on any atom is 0.228 e. The Kier molecular flexibility index (Phi) is 3.41. The lowest BCUT2D eigenvalue weighted by atomic mass is 10.1. The quantitative estimate of drug-likeness (QED) is 0.780. The fourth-order valence-corrected chi connectivity index (χ4v) is 3.09. The summed E-state index contributed by atoms with van der Waals surface area (Å²) in [5.74, 6) is 1.47. The summed E-state index contributed by atoms with van der Waals surface area (Å²) < 4.78 is 2.26. The Labute approximate surface area is 111 Å². The predicted octanol–water partition coefficient (Wildman–Crippen LogP) is 2.22. The van der Waals surface area contributed by atoms with Gasteiger partial charge in [-0.1, -0.05) is 11.8 Å². The third-order valence-electron chi connectivity index (χ3n) is 3.46. The van der Waals surface area contributed by atoms with Crippen molar-refractivity contribution in [2.24, 2.45) is 0 Å². The van der Waals surface area contributed by atoms with Crippen molar-refractivity contribution < 1.29 is 0 Å². The smallest absolute Gasteiger partial charge is 0.228 e. The highest BCUT2D eigenvalue weighted by molar-refractivity contribution is 7.99. The van der Waals surface area contributed by atoms with E-state index in [1.807, 2.05) is 0 Å². The highest BCUT2D eigenvalue weighted by Gasteiger charge is 2.31. The number of nitrogens with zero attached hydrogens (tertiary/aromatic N) is 5. The third-order valence-corrected chi connectivity index (χ3v) is 4.27. The minimum atomic E-state index is 0.449. The van der Waals surface area contributed by atoms with Gasteiger partial charge in [-0.15, -0.1) is 10.2 Å². The molecule has 1 aliphatic heterocycles. The van der Waals surface area contributed by atoms with Gasteiger partial charge in [-0.2, -0.15) is 5.26 Å². The molecule has 0 bridgehead atoms. The molecule has 0 aromatic carbocycles. The summed E-state index contributed by atoms with van der Waals surface area (Å²) in [6.45, 7) is 2.18. The van der Waals surface area contributed by atoms with Crippen LogP contribution in [0.3, 0.4) is 0 Å². The van der Waals surface area contributed by atoms with Gasteiger partial charge in [0.1, 0.15) is 0 Å². The van der Waals surface area contributed by atoms with Crippen LogP contribution >= 0.6 is 11.8 Å². The molecular formula is C12H17N5S. The SMILES string of the molecule is N#CCSc1nnc(N2CCCCC2)n1C1CC1. The molecule has 1 aromatic rings. The molecule has 2 aliphatic rings. The summed E-state index contributed by atoms with van der Waals surface area (Å²) in [5.41, 5.74) is 0. The van der Waals surface area contributed by atoms with Gasteiger partial charge in [0.25, 0.3) is 0 Å². The van der Waals surface area contributed by atoms with Gasteiger partial charge in [-0.05, 0) is 32.1 Å². The molecule has 6 heteroatoms. The zero-order chi connectivity index (χ0) is 12.4. The molecule has 2 fully saturated rings. The molecule has 1 aromatic heterocycles. The highest BCUT2D eigenvalue weighted by Crippen LogP contribution is 2.41. The Morgan fingerprint density at radius 1 is 1.22 bits per heavy atom. The molecule has 0 radical (unpaired) electrons. The first-order chi connectivity index (χ1) is 8.90. The van der Waals surface area contributed by atoms with Crippen LogP contribution in [0.15, 0.2) is 5.16 Å². The number of rotatable bonds is 4. The molecule has 1 saturated carbocycles. The Morgan fingerprint density at radius 2 is 2.00 bits per heavy atom. The van der Waals surface area contributed by atoms with Crippen molar-refractivity contribution in [3.8, 4) is 6.07 Å². The first kappa shape index (κ1) is 11.8. The summed E-state index contributed by atoms with van der Waals surface area (Å²) in [6, 6.07) is 2.73. The van der Waals surface area contributed by atoms with Crippen molar-refractivity contribution in [2.45, 2.75) is 43.3 Å². The number of piperidine rings is 1. The van der Waals surface area contributed by atoms with E-state index in [9.17, 15) is 0 Å². The summed E-state index contributed by atoms with van der Waals surface area (Å²) in [6.07, 6.45) is 6.26. The zero-order valence-electron chi connectivity index (χ0n) is 10.4. The molecule has 3 rings (SSSR count). The maximum atomic E-state index is 8.69. The van der Waals surface area contributed by atoms with Crippen molar-refractivity contribution in [3.05, 3.63) is 0 Å². The van der Waals surface area contributed by atoms with E-state index in [0.29, 0.717) is 11.8 Å². The minimum Gasteiger partial charge on any atom is -0.341 e. The van der Waals surface area contributed by atoms with Gasteiger partial charge < -0.3 is 4.90 Å². The Morgan fingerprint density at radius 3 is 2.67 bits per heavy atom. The molecule has 0 unspecified atom stereocenters. The monoisotopic (exact) mass is 263 g/mol. The van der Waals surface area contributed by atoms with Gasteiger partial charge in [0.15, 0.2) is 5.16 Å². The molecule has 1 saturated heterocycles. The van der Waals surface area contributed by atoms with Crippen molar-refractivity contribution in [1.29, 1.82) is 5.26 Å². The van der Waals surface area contributed by atoms with E-state index in [1.165, 1.54) is 43.9 Å². The van der Waals surface area contributed by atoms with Crippen molar-refractivity contribution >= 4 is 17.7 Å². The second-order valence-corrected chi connectivity index (χ2v) is 5.82. The number of aromatic nitrogens is 3. The third kappa shape index (κ3) is 2.32. The standard InChI is InChI=1S/C12H17N5S/c13-6-9-18-12-15-14-11(17(12)10-4-5-10)16-7-2-1-3-8-16/h10H,1-5,7-9H2. The number of thioether (sulfide) groups is 1. The summed E-state index contributed by atoms with van der Waals surface area (Å²) >= 11 is 1.50. The minimum absolute atomic E-state index is 0.449. The van der Waals surface area contributed by atoms with Crippen LogP contribution in [0.5, 0.6) is 0 Å². The molecular weight excluding hydrogens is 246 g/mol. The van der Waals surface area contributed by atoms with E-state index in [-0.39, 0.29) is 0 Å². The van der Waals surface area contributed by atoms with Crippen LogP contribution in [-0.4, -0.2) is 33.6 Å². The summed E-state index contributed by atoms with van der Waals surface area (Å²) in [7, 11) is 0. The van der Waals surface area contributed by atoms with Crippen LogP contribution in [0.4, 0.5) is 5.95 Å². The first-order valence-electron chi connectivity index (χ1n) is 6.60. The van der Waals surface area contributed by atoms with Crippen molar-refractivity contribution in [1.82, 2.24) is 14.8 Å². The van der Waals surface area contributed by atoms with E-state index in [2.05, 4.69) is 25.7 Å². The van der Waals surface area contributed by atoms with E-state index < -0.39 is 0 Å². The number of hydrogen-bond donors (Lipinski definition) is 0. The number of hydrogen-bond acceptors (Lipinski definition) is 5. The van der Waals surface area contributed by atoms with Crippen LogP contribution in [-0.2, 0) is 0 Å². The second kappa shape index (κ2) is 5.19. The largest absolute Gasteiger partial charge is 0.341 e. The summed E-state index contributed by atoms with van der Waals surface area (Å²) in [5, 5.41) is 18.2. The molecule has 18 heavy (non-hydrogen) atoms. The zero-order valence-corrected chi connectivity index (χ0v) is 11.2. The fourth-order valence-electron chi connectivity index (χ4n) is 2.43. The molecule has 5 nitrogen and oxygen atoms in total. The number of nitriles is 1. The molecule has 0 N–H and O–H groups in total. The molecule has 96 valence electrons. The lowest BCUT2D eigenvalue weighted by Gasteiger charge is -2.27. The van der Waals surface area contributed by atoms with Gasteiger partial charge >= 0.3 is 0 Å². The van der Waals surface area contributed by atoms with Gasteiger partial charge in [0, 0.05) is 19.1 Å².